The quantitative estimate of drug-likeness (QED) is 0.785. The number of imidazole rings is 1. The molecular weight excluding hydrogens is 324 g/mol. The Hall–Kier alpha value is -2.73. The molecule has 0 aliphatic carbocycles. The number of rotatable bonds is 4. The molecule has 0 bridgehead atoms. The van der Waals surface area contributed by atoms with Crippen molar-refractivity contribution in [3.05, 3.63) is 60.7 Å². The second-order valence-electron chi connectivity index (χ2n) is 6.95. The molecule has 2 aromatic heterocycles. The number of H-pyrrole nitrogens is 1. The van der Waals surface area contributed by atoms with Gasteiger partial charge in [0.05, 0.1) is 0 Å². The van der Waals surface area contributed by atoms with Crippen molar-refractivity contribution in [2.75, 3.05) is 18.0 Å². The molecule has 1 N–H and O–H groups in total. The molecule has 1 aromatic carbocycles. The number of anilines is 1. The topological polar surface area (TPSA) is 60.9 Å². The van der Waals surface area contributed by atoms with Gasteiger partial charge in [0.25, 0.3) is 0 Å². The summed E-state index contributed by atoms with van der Waals surface area (Å²) in [5, 5.41) is 0. The van der Waals surface area contributed by atoms with Gasteiger partial charge in [-0.1, -0.05) is 30.3 Å². The van der Waals surface area contributed by atoms with Gasteiger partial charge in [-0.15, -0.1) is 0 Å². The van der Waals surface area contributed by atoms with E-state index in [2.05, 4.69) is 55.7 Å². The highest BCUT2D eigenvalue weighted by molar-refractivity contribution is 5.54. The van der Waals surface area contributed by atoms with Crippen LogP contribution in [-0.2, 0) is 6.54 Å². The normalized spacial score (nSPS) is 21.1. The molecule has 26 heavy (non-hydrogen) atoms. The van der Waals surface area contributed by atoms with Crippen molar-refractivity contribution in [2.45, 2.75) is 32.5 Å². The molecule has 4 rings (SSSR count). The summed E-state index contributed by atoms with van der Waals surface area (Å²) in [6.45, 7) is 7.26. The van der Waals surface area contributed by atoms with Crippen LogP contribution in [0.2, 0.25) is 0 Å². The fourth-order valence-electron chi connectivity index (χ4n) is 3.54. The smallest absolute Gasteiger partial charge is 0.225 e. The zero-order chi connectivity index (χ0) is 17.9. The highest BCUT2D eigenvalue weighted by Crippen LogP contribution is 2.22. The molecule has 0 saturated carbocycles. The number of hydrogen-bond acceptors (Lipinski definition) is 5. The maximum absolute atomic E-state index is 4.55. The average Bonchev–Trinajstić information content (AvgIpc) is 3.14. The Morgan fingerprint density at radius 3 is 2.50 bits per heavy atom. The second kappa shape index (κ2) is 7.25. The van der Waals surface area contributed by atoms with Crippen LogP contribution >= 0.6 is 0 Å². The van der Waals surface area contributed by atoms with Crippen LogP contribution < -0.4 is 4.90 Å². The number of hydrogen-bond donors (Lipinski definition) is 1. The number of aromatic nitrogens is 4. The van der Waals surface area contributed by atoms with Crippen LogP contribution in [0.15, 0.2) is 55.0 Å². The molecule has 0 unspecified atom stereocenters. The van der Waals surface area contributed by atoms with Crippen LogP contribution in [0, 0.1) is 0 Å². The van der Waals surface area contributed by atoms with E-state index >= 15 is 0 Å². The molecule has 1 fully saturated rings. The monoisotopic (exact) mass is 348 g/mol. The van der Waals surface area contributed by atoms with Crippen molar-refractivity contribution in [3.8, 4) is 11.4 Å². The summed E-state index contributed by atoms with van der Waals surface area (Å²) in [6, 6.07) is 12.9. The van der Waals surface area contributed by atoms with Crippen molar-refractivity contribution >= 4 is 5.95 Å². The van der Waals surface area contributed by atoms with Crippen molar-refractivity contribution in [1.29, 1.82) is 0 Å². The molecule has 134 valence electrons. The Morgan fingerprint density at radius 2 is 1.73 bits per heavy atom. The van der Waals surface area contributed by atoms with Gasteiger partial charge >= 0.3 is 0 Å². The van der Waals surface area contributed by atoms with E-state index in [4.69, 9.17) is 0 Å². The highest BCUT2D eigenvalue weighted by atomic mass is 15.4. The Labute approximate surface area is 153 Å². The zero-order valence-corrected chi connectivity index (χ0v) is 15.2. The third-order valence-corrected chi connectivity index (χ3v) is 4.97. The minimum atomic E-state index is 0.366. The zero-order valence-electron chi connectivity index (χ0n) is 15.2. The molecule has 6 heteroatoms. The molecule has 2 atom stereocenters. The lowest BCUT2D eigenvalue weighted by Gasteiger charge is -2.43. The van der Waals surface area contributed by atoms with Crippen LogP contribution in [-0.4, -0.2) is 50.0 Å². The van der Waals surface area contributed by atoms with Crippen LogP contribution in [0.3, 0.4) is 0 Å². The predicted octanol–water partition coefficient (Wildman–Crippen LogP) is 2.97. The minimum absolute atomic E-state index is 0.366. The lowest BCUT2D eigenvalue weighted by Crippen LogP contribution is -2.56. The summed E-state index contributed by atoms with van der Waals surface area (Å²) >= 11 is 0. The van der Waals surface area contributed by atoms with Crippen LogP contribution in [0.25, 0.3) is 11.4 Å². The van der Waals surface area contributed by atoms with Gasteiger partial charge in [-0.05, 0) is 19.9 Å². The van der Waals surface area contributed by atoms with Crippen molar-refractivity contribution in [2.24, 2.45) is 0 Å². The van der Waals surface area contributed by atoms with E-state index in [1.54, 1.807) is 0 Å². The van der Waals surface area contributed by atoms with Gasteiger partial charge in [-0.25, -0.2) is 15.0 Å². The van der Waals surface area contributed by atoms with E-state index in [1.807, 2.05) is 42.9 Å². The molecule has 1 saturated heterocycles. The van der Waals surface area contributed by atoms with Gasteiger partial charge in [-0.3, -0.25) is 4.90 Å². The molecule has 0 radical (unpaired) electrons. The summed E-state index contributed by atoms with van der Waals surface area (Å²) in [5.74, 6) is 1.75. The highest BCUT2D eigenvalue weighted by Gasteiger charge is 2.30. The third kappa shape index (κ3) is 3.46. The molecule has 3 aromatic rings. The van der Waals surface area contributed by atoms with Gasteiger partial charge in [0, 0.05) is 61.6 Å². The lowest BCUT2D eigenvalue weighted by atomic mass is 10.1. The molecule has 6 nitrogen and oxygen atoms in total. The standard InChI is InChI=1S/C20H24N6/c1-15-13-26(20-21-9-6-10-22-20)16(2)12-25(15)14-18-11-23-19(24-18)17-7-4-3-5-8-17/h3-11,15-16H,12-14H2,1-2H3,(H,23,24)/t15-,16+/m1/s1. The molecular formula is C20H24N6. The lowest BCUT2D eigenvalue weighted by molar-refractivity contribution is 0.155. The van der Waals surface area contributed by atoms with E-state index in [9.17, 15) is 0 Å². The van der Waals surface area contributed by atoms with Gasteiger partial charge in [0.1, 0.15) is 5.82 Å². The number of piperazine rings is 1. The van der Waals surface area contributed by atoms with E-state index < -0.39 is 0 Å². The first-order valence-electron chi connectivity index (χ1n) is 9.07. The second-order valence-corrected chi connectivity index (χ2v) is 6.95. The Morgan fingerprint density at radius 1 is 0.962 bits per heavy atom. The van der Waals surface area contributed by atoms with Gasteiger partial charge < -0.3 is 9.88 Å². The molecule has 1 aliphatic rings. The fraction of sp³-hybridized carbons (Fsp3) is 0.350. The Bertz CT molecular complexity index is 832. The first-order valence-corrected chi connectivity index (χ1v) is 9.07. The summed E-state index contributed by atoms with van der Waals surface area (Å²) in [7, 11) is 0. The first-order chi connectivity index (χ1) is 12.7. The summed E-state index contributed by atoms with van der Waals surface area (Å²) < 4.78 is 0. The van der Waals surface area contributed by atoms with Gasteiger partial charge in [-0.2, -0.15) is 0 Å². The number of nitrogens with zero attached hydrogens (tertiary/aromatic N) is 5. The van der Waals surface area contributed by atoms with Crippen LogP contribution in [0.5, 0.6) is 0 Å². The van der Waals surface area contributed by atoms with Crippen molar-refractivity contribution in [1.82, 2.24) is 24.8 Å². The molecule has 3 heterocycles. The first kappa shape index (κ1) is 16.7. The minimum Gasteiger partial charge on any atom is -0.341 e. The average molecular weight is 348 g/mol. The Kier molecular flexibility index (Phi) is 4.67. The van der Waals surface area contributed by atoms with Crippen LogP contribution in [0.1, 0.15) is 19.5 Å². The van der Waals surface area contributed by atoms with E-state index in [1.165, 1.54) is 0 Å². The van der Waals surface area contributed by atoms with Crippen molar-refractivity contribution < 1.29 is 0 Å². The van der Waals surface area contributed by atoms with E-state index in [-0.39, 0.29) is 0 Å². The predicted molar refractivity (Wildman–Crippen MR) is 103 cm³/mol. The number of benzene rings is 1. The maximum Gasteiger partial charge on any atom is 0.225 e. The number of nitrogens with one attached hydrogen (secondary N) is 1. The molecule has 1 aliphatic heterocycles. The number of aromatic amines is 1. The van der Waals surface area contributed by atoms with E-state index in [0.29, 0.717) is 12.1 Å². The van der Waals surface area contributed by atoms with Crippen LogP contribution in [0.4, 0.5) is 5.95 Å². The Balaban J connectivity index is 1.44. The van der Waals surface area contributed by atoms with Gasteiger partial charge in [0.15, 0.2) is 0 Å². The van der Waals surface area contributed by atoms with Crippen molar-refractivity contribution in [3.63, 3.8) is 0 Å². The fourth-order valence-corrected chi connectivity index (χ4v) is 3.54. The summed E-state index contributed by atoms with van der Waals surface area (Å²) in [5.41, 5.74) is 2.26. The van der Waals surface area contributed by atoms with Gasteiger partial charge in [0.2, 0.25) is 5.95 Å². The van der Waals surface area contributed by atoms with E-state index in [0.717, 1.165) is 42.7 Å². The summed E-state index contributed by atoms with van der Waals surface area (Å²) in [6.07, 6.45) is 5.57. The largest absolute Gasteiger partial charge is 0.341 e. The molecule has 0 spiro atoms. The SMILES string of the molecule is C[C@@H]1CN(c2ncccn2)[C@@H](C)CN1Cc1cnc(-c2ccccc2)[nH]1. The maximum atomic E-state index is 4.55. The third-order valence-electron chi connectivity index (χ3n) is 4.97. The summed E-state index contributed by atoms with van der Waals surface area (Å²) in [4.78, 5) is 21.6. The molecule has 0 amide bonds.